The number of anilines is 1. The van der Waals surface area contributed by atoms with Crippen molar-refractivity contribution in [1.29, 1.82) is 0 Å². The molecule has 5 atom stereocenters. The first-order valence-electron chi connectivity index (χ1n) is 12.2. The smallest absolute Gasteiger partial charge is 0.209 e. The fourth-order valence-electron chi connectivity index (χ4n) is 5.60. The van der Waals surface area contributed by atoms with Crippen molar-refractivity contribution < 1.29 is 15.0 Å². The van der Waals surface area contributed by atoms with Crippen LogP contribution in [-0.4, -0.2) is 47.7 Å². The number of hydrogen-bond acceptors (Lipinski definition) is 7. The van der Waals surface area contributed by atoms with Crippen molar-refractivity contribution in [3.8, 4) is 11.8 Å². The summed E-state index contributed by atoms with van der Waals surface area (Å²) in [5.41, 5.74) is 1.59. The van der Waals surface area contributed by atoms with E-state index in [1.807, 2.05) is 30.3 Å². The molecule has 2 unspecified atom stereocenters. The molecule has 2 aliphatic carbocycles. The summed E-state index contributed by atoms with van der Waals surface area (Å²) < 4.78 is 1.73. The second kappa shape index (κ2) is 9.37. The van der Waals surface area contributed by atoms with E-state index in [1.165, 1.54) is 6.92 Å². The maximum absolute atomic E-state index is 12.4. The molecule has 6 rings (SSSR count). The number of imidazole rings is 1. The first kappa shape index (κ1) is 24.8. The SMILES string of the molecule is CC(=O)[C@]12CC1[C@@H](n1cnc3c(NCc4cccc(Cl)c4)nc(C#Cc4ccccc4Cl)nc31)[C@H](O)C2O. The summed E-state index contributed by atoms with van der Waals surface area (Å²) in [5.74, 6) is 6.37. The predicted molar refractivity (Wildman–Crippen MR) is 144 cm³/mol. The zero-order valence-electron chi connectivity index (χ0n) is 20.3. The largest absolute Gasteiger partial charge is 0.389 e. The lowest BCUT2D eigenvalue weighted by Gasteiger charge is -2.23. The number of fused-ring (bicyclic) bond motifs is 2. The highest BCUT2D eigenvalue weighted by Gasteiger charge is 2.74. The lowest BCUT2D eigenvalue weighted by atomic mass is 9.95. The standard InChI is InChI=1S/C28H23Cl2N5O3/c1-15(36)28-12-19(28)23(24(37)25(28)38)35-14-32-22-26(31-13-16-5-4-7-18(29)11-16)33-21(34-27(22)35)10-9-17-6-2-3-8-20(17)30/h2-8,11,14,19,23-25,37-38H,12-13H2,1H3,(H,31,33,34)/t19?,23-,24+,25?,28-/m1/s1. The molecule has 0 spiro atoms. The summed E-state index contributed by atoms with van der Waals surface area (Å²) in [6.07, 6.45) is -0.195. The molecule has 0 saturated heterocycles. The van der Waals surface area contributed by atoms with Crippen LogP contribution < -0.4 is 5.32 Å². The van der Waals surface area contributed by atoms with Crippen LogP contribution in [0.25, 0.3) is 11.2 Å². The van der Waals surface area contributed by atoms with Gasteiger partial charge in [-0.1, -0.05) is 53.4 Å². The number of benzene rings is 2. The van der Waals surface area contributed by atoms with E-state index in [1.54, 1.807) is 29.1 Å². The summed E-state index contributed by atoms with van der Waals surface area (Å²) in [6.45, 7) is 1.89. The van der Waals surface area contributed by atoms with Gasteiger partial charge in [0.25, 0.3) is 0 Å². The van der Waals surface area contributed by atoms with Crippen LogP contribution in [0.2, 0.25) is 10.0 Å². The molecule has 0 radical (unpaired) electrons. The van der Waals surface area contributed by atoms with E-state index >= 15 is 0 Å². The number of carbonyl (C=O) groups excluding carboxylic acids is 1. The molecular formula is C28H23Cl2N5O3. The highest BCUT2D eigenvalue weighted by Crippen LogP contribution is 2.68. The van der Waals surface area contributed by atoms with Crippen molar-refractivity contribution in [2.45, 2.75) is 38.1 Å². The summed E-state index contributed by atoms with van der Waals surface area (Å²) in [7, 11) is 0. The van der Waals surface area contributed by atoms with Crippen LogP contribution >= 0.6 is 23.2 Å². The Hall–Kier alpha value is -3.48. The Morgan fingerprint density at radius 2 is 1.97 bits per heavy atom. The average molecular weight is 548 g/mol. The normalized spacial score (nSPS) is 25.5. The average Bonchev–Trinajstić information content (AvgIpc) is 3.44. The number of nitrogens with zero attached hydrogens (tertiary/aromatic N) is 4. The molecule has 0 bridgehead atoms. The van der Waals surface area contributed by atoms with E-state index in [-0.39, 0.29) is 17.5 Å². The second-order valence-corrected chi connectivity index (χ2v) is 10.6. The molecule has 2 saturated carbocycles. The van der Waals surface area contributed by atoms with Gasteiger partial charge in [-0.15, -0.1) is 0 Å². The van der Waals surface area contributed by atoms with E-state index in [0.717, 1.165) is 5.56 Å². The van der Waals surface area contributed by atoms with Crippen molar-refractivity contribution in [1.82, 2.24) is 19.5 Å². The maximum Gasteiger partial charge on any atom is 0.209 e. The Morgan fingerprint density at radius 3 is 2.71 bits per heavy atom. The van der Waals surface area contributed by atoms with Gasteiger partial charge >= 0.3 is 0 Å². The molecule has 192 valence electrons. The van der Waals surface area contributed by atoms with Gasteiger partial charge in [-0.2, -0.15) is 0 Å². The van der Waals surface area contributed by atoms with Crippen LogP contribution in [0, 0.1) is 23.2 Å². The molecule has 8 nitrogen and oxygen atoms in total. The molecule has 0 amide bonds. The number of rotatable bonds is 5. The molecule has 2 aliphatic rings. The van der Waals surface area contributed by atoms with Crippen LogP contribution in [0.3, 0.4) is 0 Å². The third kappa shape index (κ3) is 4.03. The molecule has 38 heavy (non-hydrogen) atoms. The Labute approximate surface area is 228 Å². The third-order valence-electron chi connectivity index (χ3n) is 7.60. The summed E-state index contributed by atoms with van der Waals surface area (Å²) in [5, 5.41) is 26.1. The lowest BCUT2D eigenvalue weighted by Crippen LogP contribution is -2.36. The van der Waals surface area contributed by atoms with Gasteiger partial charge in [0, 0.05) is 17.1 Å². The molecule has 2 heterocycles. The number of Topliss-reactive ketones (excluding diaryl/α,β-unsaturated/α-hetero) is 1. The highest BCUT2D eigenvalue weighted by molar-refractivity contribution is 6.31. The number of aliphatic hydroxyl groups is 2. The summed E-state index contributed by atoms with van der Waals surface area (Å²) in [6, 6.07) is 14.1. The van der Waals surface area contributed by atoms with Crippen molar-refractivity contribution in [3.05, 3.63) is 81.9 Å². The Bertz CT molecular complexity index is 1640. The summed E-state index contributed by atoms with van der Waals surface area (Å²) in [4.78, 5) is 26.2. The number of halogens is 2. The van der Waals surface area contributed by atoms with Gasteiger partial charge in [-0.05, 0) is 55.0 Å². The summed E-state index contributed by atoms with van der Waals surface area (Å²) >= 11 is 12.4. The van der Waals surface area contributed by atoms with Crippen LogP contribution in [0.1, 0.15) is 36.3 Å². The number of carbonyl (C=O) groups is 1. The van der Waals surface area contributed by atoms with Gasteiger partial charge < -0.3 is 20.1 Å². The van der Waals surface area contributed by atoms with E-state index in [9.17, 15) is 15.0 Å². The first-order chi connectivity index (χ1) is 18.3. The predicted octanol–water partition coefficient (Wildman–Crippen LogP) is 4.02. The topological polar surface area (TPSA) is 113 Å². The minimum atomic E-state index is -1.14. The van der Waals surface area contributed by atoms with Crippen molar-refractivity contribution in [2.24, 2.45) is 11.3 Å². The zero-order valence-corrected chi connectivity index (χ0v) is 21.8. The second-order valence-electron chi connectivity index (χ2n) is 9.77. The third-order valence-corrected chi connectivity index (χ3v) is 8.17. The molecule has 4 aromatic rings. The molecular weight excluding hydrogens is 525 g/mol. The fourth-order valence-corrected chi connectivity index (χ4v) is 6.00. The van der Waals surface area contributed by atoms with Crippen LogP contribution in [0.5, 0.6) is 0 Å². The van der Waals surface area contributed by atoms with Crippen LogP contribution in [-0.2, 0) is 11.3 Å². The van der Waals surface area contributed by atoms with Crippen LogP contribution in [0.15, 0.2) is 54.9 Å². The van der Waals surface area contributed by atoms with Crippen LogP contribution in [0.4, 0.5) is 5.82 Å². The van der Waals surface area contributed by atoms with Gasteiger partial charge in [0.05, 0.1) is 28.9 Å². The molecule has 2 aromatic carbocycles. The lowest BCUT2D eigenvalue weighted by molar-refractivity contribution is -0.128. The van der Waals surface area contributed by atoms with E-state index in [4.69, 9.17) is 23.2 Å². The fraction of sp³-hybridized carbons (Fsp3) is 0.286. The molecule has 10 heteroatoms. The molecule has 2 fully saturated rings. The Balaban J connectivity index is 1.43. The Kier molecular flexibility index (Phi) is 6.12. The van der Waals surface area contributed by atoms with Crippen molar-refractivity contribution >= 4 is 46.0 Å². The quantitative estimate of drug-likeness (QED) is 0.323. The monoisotopic (exact) mass is 547 g/mol. The van der Waals surface area contributed by atoms with Gasteiger partial charge in [0.1, 0.15) is 11.9 Å². The van der Waals surface area contributed by atoms with Gasteiger partial charge in [-0.3, -0.25) is 4.79 Å². The van der Waals surface area contributed by atoms with E-state index in [2.05, 4.69) is 32.1 Å². The number of aliphatic hydroxyl groups excluding tert-OH is 2. The van der Waals surface area contributed by atoms with Crippen molar-refractivity contribution in [2.75, 3.05) is 5.32 Å². The van der Waals surface area contributed by atoms with Gasteiger partial charge in [0.2, 0.25) is 5.82 Å². The van der Waals surface area contributed by atoms with E-state index < -0.39 is 23.7 Å². The highest BCUT2D eigenvalue weighted by atomic mass is 35.5. The van der Waals surface area contributed by atoms with Gasteiger partial charge in [-0.25, -0.2) is 15.0 Å². The minimum Gasteiger partial charge on any atom is -0.389 e. The number of ketones is 1. The number of hydrogen-bond donors (Lipinski definition) is 3. The zero-order chi connectivity index (χ0) is 26.6. The van der Waals surface area contributed by atoms with Crippen molar-refractivity contribution in [3.63, 3.8) is 0 Å². The first-order valence-corrected chi connectivity index (χ1v) is 12.9. The molecule has 3 N–H and O–H groups in total. The molecule has 0 aliphatic heterocycles. The Morgan fingerprint density at radius 1 is 1.16 bits per heavy atom. The van der Waals surface area contributed by atoms with E-state index in [0.29, 0.717) is 45.6 Å². The maximum atomic E-state index is 12.4. The number of aromatic nitrogens is 4. The number of nitrogens with one attached hydrogen (secondary N) is 1. The minimum absolute atomic E-state index is 0.120. The van der Waals surface area contributed by atoms with Gasteiger partial charge in [0.15, 0.2) is 17.0 Å². The molecule has 2 aromatic heterocycles.